The summed E-state index contributed by atoms with van der Waals surface area (Å²) in [5, 5.41) is 0.113. The van der Waals surface area contributed by atoms with Crippen LogP contribution < -0.4 is 0 Å². The van der Waals surface area contributed by atoms with Crippen molar-refractivity contribution in [2.75, 3.05) is 0 Å². The van der Waals surface area contributed by atoms with Crippen molar-refractivity contribution in [2.45, 2.75) is 44.4 Å². The van der Waals surface area contributed by atoms with Gasteiger partial charge in [-0.2, -0.15) is 0 Å². The molecule has 4 rings (SSSR count). The third-order valence-electron chi connectivity index (χ3n) is 6.50. The summed E-state index contributed by atoms with van der Waals surface area (Å²) in [5.41, 5.74) is 5.37. The molecule has 1 saturated carbocycles. The Morgan fingerprint density at radius 1 is 0.844 bits per heavy atom. The molecule has 1 aliphatic carbocycles. The molecule has 3 aromatic carbocycles. The van der Waals surface area contributed by atoms with Gasteiger partial charge in [-0.3, -0.25) is 0 Å². The van der Waals surface area contributed by atoms with Gasteiger partial charge >= 0.3 is 0 Å². The molecule has 0 aliphatic heterocycles. The third-order valence-corrected chi connectivity index (χ3v) is 6.80. The SMILES string of the molecule is C=CCCC1CCC(c2ccc(-c3ccc(C#Cc4ccc(Cl)c(F)c4)cc3)cc2)CC1. The first-order valence-electron chi connectivity index (χ1n) is 11.4. The molecule has 0 bridgehead atoms. The predicted octanol–water partition coefficient (Wildman–Crippen LogP) is 8.79. The molecule has 3 aromatic rings. The quantitative estimate of drug-likeness (QED) is 0.273. The first kappa shape index (κ1) is 22.4. The summed E-state index contributed by atoms with van der Waals surface area (Å²) in [6.07, 6.45) is 9.76. The maximum atomic E-state index is 13.6. The fourth-order valence-electron chi connectivity index (χ4n) is 4.55. The van der Waals surface area contributed by atoms with E-state index in [0.29, 0.717) is 11.5 Å². The van der Waals surface area contributed by atoms with Crippen LogP contribution in [0.1, 0.15) is 61.1 Å². The summed E-state index contributed by atoms with van der Waals surface area (Å²) >= 11 is 5.72. The van der Waals surface area contributed by atoms with Crippen LogP contribution in [0.5, 0.6) is 0 Å². The summed E-state index contributed by atoms with van der Waals surface area (Å²) < 4.78 is 13.6. The molecule has 1 aliphatic rings. The van der Waals surface area contributed by atoms with Gasteiger partial charge in [0.15, 0.2) is 0 Å². The summed E-state index contributed by atoms with van der Waals surface area (Å²) in [5.74, 6) is 7.21. The molecule has 0 heterocycles. The normalized spacial score (nSPS) is 17.9. The Morgan fingerprint density at radius 2 is 1.44 bits per heavy atom. The van der Waals surface area contributed by atoms with Crippen LogP contribution in [-0.4, -0.2) is 0 Å². The first-order valence-corrected chi connectivity index (χ1v) is 11.8. The van der Waals surface area contributed by atoms with Gasteiger partial charge in [0, 0.05) is 11.1 Å². The van der Waals surface area contributed by atoms with Crippen LogP contribution in [0.2, 0.25) is 5.02 Å². The van der Waals surface area contributed by atoms with Gasteiger partial charge in [-0.05, 0) is 97.4 Å². The van der Waals surface area contributed by atoms with E-state index in [1.807, 2.05) is 18.2 Å². The highest BCUT2D eigenvalue weighted by atomic mass is 35.5. The molecule has 162 valence electrons. The first-order chi connectivity index (χ1) is 15.6. The zero-order valence-corrected chi connectivity index (χ0v) is 19.0. The molecule has 0 nitrogen and oxygen atoms in total. The minimum Gasteiger partial charge on any atom is -0.205 e. The molecule has 0 aromatic heterocycles. The fraction of sp³-hybridized carbons (Fsp3) is 0.267. The number of hydrogen-bond donors (Lipinski definition) is 0. The third kappa shape index (κ3) is 5.70. The highest BCUT2D eigenvalue weighted by Crippen LogP contribution is 2.38. The summed E-state index contributed by atoms with van der Waals surface area (Å²) in [6.45, 7) is 3.85. The number of hydrogen-bond acceptors (Lipinski definition) is 0. The molecule has 0 amide bonds. The minimum atomic E-state index is -0.446. The monoisotopic (exact) mass is 442 g/mol. The van der Waals surface area contributed by atoms with Gasteiger partial charge in [0.05, 0.1) is 5.02 Å². The van der Waals surface area contributed by atoms with Crippen molar-refractivity contribution in [3.8, 4) is 23.0 Å². The average molecular weight is 443 g/mol. The van der Waals surface area contributed by atoms with Crippen molar-refractivity contribution < 1.29 is 4.39 Å². The van der Waals surface area contributed by atoms with Gasteiger partial charge in [-0.1, -0.05) is 65.9 Å². The Bertz CT molecular complexity index is 1110. The van der Waals surface area contributed by atoms with Gasteiger partial charge in [0.1, 0.15) is 5.82 Å². The standard InChI is InChI=1S/C30H28ClF/c1-2-3-4-22-7-12-25(13-8-22)27-16-18-28(19-17-27)26-14-9-23(10-15-26)5-6-24-11-20-29(31)30(32)21-24/h2,9-11,14-22,25H,1,3-4,7-8,12-13H2. The molecule has 0 unspecified atom stereocenters. The van der Waals surface area contributed by atoms with E-state index in [-0.39, 0.29) is 5.02 Å². The van der Waals surface area contributed by atoms with E-state index in [4.69, 9.17) is 11.6 Å². The van der Waals surface area contributed by atoms with E-state index in [1.165, 1.54) is 60.9 Å². The van der Waals surface area contributed by atoms with E-state index >= 15 is 0 Å². The van der Waals surface area contributed by atoms with E-state index in [1.54, 1.807) is 6.07 Å². The topological polar surface area (TPSA) is 0 Å². The molecule has 0 radical (unpaired) electrons. The van der Waals surface area contributed by atoms with Crippen molar-refractivity contribution in [1.29, 1.82) is 0 Å². The van der Waals surface area contributed by atoms with Crippen LogP contribution in [0, 0.1) is 23.6 Å². The van der Waals surface area contributed by atoms with Gasteiger partial charge in [-0.25, -0.2) is 4.39 Å². The second kappa shape index (κ2) is 10.7. The van der Waals surface area contributed by atoms with Crippen molar-refractivity contribution in [3.63, 3.8) is 0 Å². The molecule has 1 fully saturated rings. The zero-order valence-electron chi connectivity index (χ0n) is 18.3. The largest absolute Gasteiger partial charge is 0.205 e. The molecular weight excluding hydrogens is 415 g/mol. The maximum Gasteiger partial charge on any atom is 0.143 e. The summed E-state index contributed by atoms with van der Waals surface area (Å²) in [6, 6.07) is 21.9. The van der Waals surface area contributed by atoms with E-state index in [0.717, 1.165) is 17.9 Å². The van der Waals surface area contributed by atoms with Crippen molar-refractivity contribution in [1.82, 2.24) is 0 Å². The van der Waals surface area contributed by atoms with Gasteiger partial charge < -0.3 is 0 Å². The summed E-state index contributed by atoms with van der Waals surface area (Å²) in [7, 11) is 0. The Balaban J connectivity index is 1.38. The Hall–Kier alpha value is -2.82. The molecule has 0 saturated heterocycles. The lowest BCUT2D eigenvalue weighted by Crippen LogP contribution is -2.13. The van der Waals surface area contributed by atoms with E-state index in [9.17, 15) is 4.39 Å². The molecule has 2 heteroatoms. The highest BCUT2D eigenvalue weighted by Gasteiger charge is 2.21. The van der Waals surface area contributed by atoms with Crippen LogP contribution in [0.3, 0.4) is 0 Å². The van der Waals surface area contributed by atoms with Crippen LogP contribution in [0.4, 0.5) is 4.39 Å². The smallest absolute Gasteiger partial charge is 0.143 e. The lowest BCUT2D eigenvalue weighted by molar-refractivity contribution is 0.312. The summed E-state index contributed by atoms with van der Waals surface area (Å²) in [4.78, 5) is 0. The van der Waals surface area contributed by atoms with Crippen LogP contribution in [0.25, 0.3) is 11.1 Å². The number of rotatable bonds is 5. The molecule has 32 heavy (non-hydrogen) atoms. The number of allylic oxidation sites excluding steroid dienone is 1. The van der Waals surface area contributed by atoms with Crippen LogP contribution in [0.15, 0.2) is 79.4 Å². The van der Waals surface area contributed by atoms with Crippen molar-refractivity contribution >= 4 is 11.6 Å². The van der Waals surface area contributed by atoms with Gasteiger partial charge in [-0.15, -0.1) is 6.58 Å². The Morgan fingerprint density at radius 3 is 2.06 bits per heavy atom. The average Bonchev–Trinajstić information content (AvgIpc) is 2.84. The zero-order chi connectivity index (χ0) is 22.3. The van der Waals surface area contributed by atoms with Gasteiger partial charge in [0.2, 0.25) is 0 Å². The van der Waals surface area contributed by atoms with Gasteiger partial charge in [0.25, 0.3) is 0 Å². The van der Waals surface area contributed by atoms with Crippen molar-refractivity contribution in [3.05, 3.63) is 107 Å². The predicted molar refractivity (Wildman–Crippen MR) is 133 cm³/mol. The molecular formula is C30H28ClF. The van der Waals surface area contributed by atoms with Crippen molar-refractivity contribution in [2.24, 2.45) is 5.92 Å². The van der Waals surface area contributed by atoms with E-state index < -0.39 is 5.82 Å². The number of halogens is 2. The maximum absolute atomic E-state index is 13.6. The Kier molecular flexibility index (Phi) is 7.46. The Labute approximate surface area is 196 Å². The van der Waals surface area contributed by atoms with Crippen LogP contribution in [-0.2, 0) is 0 Å². The number of benzene rings is 3. The molecule has 0 spiro atoms. The minimum absolute atomic E-state index is 0.113. The molecule has 0 N–H and O–H groups in total. The molecule has 0 atom stereocenters. The van der Waals surface area contributed by atoms with Crippen LogP contribution >= 0.6 is 11.6 Å². The second-order valence-electron chi connectivity index (χ2n) is 8.66. The van der Waals surface area contributed by atoms with E-state index in [2.05, 4.69) is 54.8 Å². The fourth-order valence-corrected chi connectivity index (χ4v) is 4.67. The lowest BCUT2D eigenvalue weighted by atomic mass is 9.77. The highest BCUT2D eigenvalue weighted by molar-refractivity contribution is 6.30. The second-order valence-corrected chi connectivity index (χ2v) is 9.07. The lowest BCUT2D eigenvalue weighted by Gasteiger charge is -2.28.